The molecule has 0 spiro atoms. The Balaban J connectivity index is 1.65. The molecule has 0 unspecified atom stereocenters. The number of carbonyl (C=O) groups excluding carboxylic acids is 2. The predicted molar refractivity (Wildman–Crippen MR) is 160 cm³/mol. The molecule has 0 N–H and O–H groups in total. The van der Waals surface area contributed by atoms with E-state index in [9.17, 15) is 9.59 Å². The summed E-state index contributed by atoms with van der Waals surface area (Å²) in [5.74, 6) is -0.551. The van der Waals surface area contributed by atoms with Crippen molar-refractivity contribution in [3.63, 3.8) is 0 Å². The Labute approximate surface area is 261 Å². The minimum Gasteiger partial charge on any atom is -0.463 e. The number of esters is 2. The summed E-state index contributed by atoms with van der Waals surface area (Å²) >= 11 is 0. The van der Waals surface area contributed by atoms with Crippen molar-refractivity contribution in [3.8, 4) is 0 Å². The standard InChI is InChI=1S/C31H52O13/c1-2-6-30(32)43-27-25-41-23-21-39-19-17-37-15-13-35-11-9-34-10-12-36-14-16-38-18-20-40-22-24-42-26-28-44-31(33)29-7-4-3-5-8-29/h3-5,7-8H,2,6,9-28H2,1H3. The molecule has 44 heavy (non-hydrogen) atoms. The van der Waals surface area contributed by atoms with E-state index in [4.69, 9.17) is 52.1 Å². The van der Waals surface area contributed by atoms with Crippen LogP contribution in [-0.4, -0.2) is 144 Å². The van der Waals surface area contributed by atoms with E-state index in [0.29, 0.717) is 131 Å². The first-order valence-corrected chi connectivity index (χ1v) is 15.3. The molecule has 1 aromatic carbocycles. The molecule has 0 bridgehead atoms. The maximum Gasteiger partial charge on any atom is 0.338 e. The van der Waals surface area contributed by atoms with Gasteiger partial charge in [-0.3, -0.25) is 4.79 Å². The molecule has 0 fully saturated rings. The van der Waals surface area contributed by atoms with E-state index in [1.54, 1.807) is 24.3 Å². The molecular weight excluding hydrogens is 580 g/mol. The fraction of sp³-hybridized carbons (Fsp3) is 0.742. The van der Waals surface area contributed by atoms with Crippen LogP contribution in [0.5, 0.6) is 0 Å². The summed E-state index contributed by atoms with van der Waals surface area (Å²) < 4.78 is 58.9. The van der Waals surface area contributed by atoms with Gasteiger partial charge in [-0.25, -0.2) is 4.79 Å². The lowest BCUT2D eigenvalue weighted by Crippen LogP contribution is -2.15. The van der Waals surface area contributed by atoms with E-state index >= 15 is 0 Å². The molecule has 254 valence electrons. The fourth-order valence-electron chi connectivity index (χ4n) is 3.20. The normalized spacial score (nSPS) is 11.1. The number of hydrogen-bond acceptors (Lipinski definition) is 13. The van der Waals surface area contributed by atoms with Gasteiger partial charge in [-0.05, 0) is 18.6 Å². The van der Waals surface area contributed by atoms with Gasteiger partial charge in [0, 0.05) is 6.42 Å². The SMILES string of the molecule is CCCC(=O)OCCOCCOCCOCCOCCOCCOCCOCCOCCOCCOC(=O)c1ccccc1. The van der Waals surface area contributed by atoms with Crippen molar-refractivity contribution in [3.05, 3.63) is 35.9 Å². The molecule has 13 heteroatoms. The average Bonchev–Trinajstić information content (AvgIpc) is 3.04. The van der Waals surface area contributed by atoms with E-state index in [2.05, 4.69) is 0 Å². The first kappa shape index (κ1) is 39.8. The van der Waals surface area contributed by atoms with Crippen molar-refractivity contribution in [1.82, 2.24) is 0 Å². The van der Waals surface area contributed by atoms with Gasteiger partial charge in [0.2, 0.25) is 0 Å². The minimum atomic E-state index is -0.359. The average molecular weight is 633 g/mol. The summed E-state index contributed by atoms with van der Waals surface area (Å²) in [6.07, 6.45) is 1.22. The second-order valence-electron chi connectivity index (χ2n) is 8.98. The van der Waals surface area contributed by atoms with Crippen LogP contribution in [0.1, 0.15) is 30.1 Å². The molecule has 0 heterocycles. The molecule has 0 atom stereocenters. The topological polar surface area (TPSA) is 136 Å². The van der Waals surface area contributed by atoms with E-state index in [1.165, 1.54) is 0 Å². The highest BCUT2D eigenvalue weighted by Gasteiger charge is 2.05. The van der Waals surface area contributed by atoms with E-state index in [-0.39, 0.29) is 25.2 Å². The van der Waals surface area contributed by atoms with E-state index < -0.39 is 0 Å². The Bertz CT molecular complexity index is 766. The Morgan fingerprint density at radius 3 is 1.05 bits per heavy atom. The summed E-state index contributed by atoms with van der Waals surface area (Å²) in [6.45, 7) is 10.6. The van der Waals surface area contributed by atoms with Gasteiger partial charge in [0.05, 0.1) is 124 Å². The highest BCUT2D eigenvalue weighted by molar-refractivity contribution is 5.89. The zero-order chi connectivity index (χ0) is 31.6. The molecule has 0 aliphatic heterocycles. The molecule has 0 aromatic heterocycles. The molecule has 0 radical (unpaired) electrons. The van der Waals surface area contributed by atoms with Gasteiger partial charge in [0.15, 0.2) is 0 Å². The maximum atomic E-state index is 11.8. The van der Waals surface area contributed by atoms with Gasteiger partial charge in [-0.1, -0.05) is 25.1 Å². The molecule has 13 nitrogen and oxygen atoms in total. The molecule has 0 saturated heterocycles. The zero-order valence-corrected chi connectivity index (χ0v) is 26.3. The first-order valence-electron chi connectivity index (χ1n) is 15.3. The van der Waals surface area contributed by atoms with Crippen molar-refractivity contribution in [2.75, 3.05) is 132 Å². The monoisotopic (exact) mass is 632 g/mol. The quantitative estimate of drug-likeness (QED) is 0.0829. The lowest BCUT2D eigenvalue weighted by molar-refractivity contribution is -0.145. The summed E-state index contributed by atoms with van der Waals surface area (Å²) in [4.78, 5) is 22.9. The minimum absolute atomic E-state index is 0.192. The maximum absolute atomic E-state index is 11.8. The number of hydrogen-bond donors (Lipinski definition) is 0. The van der Waals surface area contributed by atoms with E-state index in [1.807, 2.05) is 13.0 Å². The fourth-order valence-corrected chi connectivity index (χ4v) is 3.20. The highest BCUT2D eigenvalue weighted by Crippen LogP contribution is 2.00. The molecule has 0 aliphatic carbocycles. The third-order valence-corrected chi connectivity index (χ3v) is 5.39. The Hall–Kier alpha value is -2.20. The van der Waals surface area contributed by atoms with E-state index in [0.717, 1.165) is 6.42 Å². The van der Waals surface area contributed by atoms with Crippen LogP contribution in [0.25, 0.3) is 0 Å². The third kappa shape index (κ3) is 27.4. The third-order valence-electron chi connectivity index (χ3n) is 5.39. The van der Waals surface area contributed by atoms with Crippen molar-refractivity contribution < 1.29 is 61.7 Å². The lowest BCUT2D eigenvalue weighted by Gasteiger charge is -2.09. The van der Waals surface area contributed by atoms with Crippen molar-refractivity contribution >= 4 is 11.9 Å². The van der Waals surface area contributed by atoms with Crippen molar-refractivity contribution in [2.45, 2.75) is 19.8 Å². The number of ether oxygens (including phenoxy) is 11. The molecule has 0 aliphatic rings. The van der Waals surface area contributed by atoms with Crippen LogP contribution in [-0.2, 0) is 56.9 Å². The summed E-state index contributed by atoms with van der Waals surface area (Å²) in [5, 5.41) is 0. The molecule has 0 saturated carbocycles. The largest absolute Gasteiger partial charge is 0.463 e. The van der Waals surface area contributed by atoms with Gasteiger partial charge in [-0.2, -0.15) is 0 Å². The molecule has 0 amide bonds. The van der Waals surface area contributed by atoms with Crippen LogP contribution in [0.15, 0.2) is 30.3 Å². The summed E-state index contributed by atoms with van der Waals surface area (Å²) in [5.41, 5.74) is 0.523. The van der Waals surface area contributed by atoms with Gasteiger partial charge >= 0.3 is 11.9 Å². The van der Waals surface area contributed by atoms with Gasteiger partial charge < -0.3 is 52.1 Å². The zero-order valence-electron chi connectivity index (χ0n) is 26.3. The molecule has 1 rings (SSSR count). The molecular formula is C31H52O13. The summed E-state index contributed by atoms with van der Waals surface area (Å²) in [7, 11) is 0. The van der Waals surface area contributed by atoms with Crippen LogP contribution < -0.4 is 0 Å². The van der Waals surface area contributed by atoms with Gasteiger partial charge in [-0.15, -0.1) is 0 Å². The smallest absolute Gasteiger partial charge is 0.338 e. The Morgan fingerprint density at radius 1 is 0.432 bits per heavy atom. The summed E-state index contributed by atoms with van der Waals surface area (Å²) in [6, 6.07) is 8.84. The second-order valence-corrected chi connectivity index (χ2v) is 8.98. The Morgan fingerprint density at radius 2 is 0.727 bits per heavy atom. The number of carbonyl (C=O) groups is 2. The number of benzene rings is 1. The van der Waals surface area contributed by atoms with Gasteiger partial charge in [0.25, 0.3) is 0 Å². The van der Waals surface area contributed by atoms with Gasteiger partial charge in [0.1, 0.15) is 13.2 Å². The van der Waals surface area contributed by atoms with Crippen LogP contribution in [0.3, 0.4) is 0 Å². The number of rotatable bonds is 33. The van der Waals surface area contributed by atoms with Crippen molar-refractivity contribution in [2.24, 2.45) is 0 Å². The predicted octanol–water partition coefficient (Wildman–Crippen LogP) is 2.34. The highest BCUT2D eigenvalue weighted by atomic mass is 16.6. The lowest BCUT2D eigenvalue weighted by atomic mass is 10.2. The van der Waals surface area contributed by atoms with Crippen LogP contribution >= 0.6 is 0 Å². The van der Waals surface area contributed by atoms with Crippen molar-refractivity contribution in [1.29, 1.82) is 0 Å². The molecule has 1 aromatic rings. The first-order chi connectivity index (χ1) is 21.7. The van der Waals surface area contributed by atoms with Crippen LogP contribution in [0.4, 0.5) is 0 Å². The van der Waals surface area contributed by atoms with Crippen LogP contribution in [0.2, 0.25) is 0 Å². The second kappa shape index (κ2) is 32.2. The van der Waals surface area contributed by atoms with Crippen LogP contribution in [0, 0.1) is 0 Å². The Kier molecular flexibility index (Phi) is 29.1.